The van der Waals surface area contributed by atoms with Gasteiger partial charge in [-0.05, 0) is 6.07 Å². The second-order valence-corrected chi connectivity index (χ2v) is 5.42. The van der Waals surface area contributed by atoms with Gasteiger partial charge in [-0.15, -0.1) is 0 Å². The number of non-ortho nitro benzene ring substituents is 1. The van der Waals surface area contributed by atoms with Crippen LogP contribution in [0.15, 0.2) is 41.4 Å². The van der Waals surface area contributed by atoms with Crippen LogP contribution < -0.4 is 4.72 Å². The van der Waals surface area contributed by atoms with Gasteiger partial charge < -0.3 is 0 Å². The van der Waals surface area contributed by atoms with E-state index in [-0.39, 0.29) is 16.4 Å². The third-order valence-electron chi connectivity index (χ3n) is 2.29. The maximum absolute atomic E-state index is 12.0. The smallest absolute Gasteiger partial charge is 0.270 e. The zero-order chi connectivity index (χ0) is 14.0. The molecule has 8 nitrogen and oxygen atoms in total. The van der Waals surface area contributed by atoms with E-state index in [2.05, 4.69) is 9.82 Å². The minimum Gasteiger partial charge on any atom is -0.274 e. The van der Waals surface area contributed by atoms with Crippen molar-refractivity contribution in [3.63, 3.8) is 0 Å². The summed E-state index contributed by atoms with van der Waals surface area (Å²) in [5, 5.41) is 14.5. The van der Waals surface area contributed by atoms with Gasteiger partial charge in [0.05, 0.1) is 9.82 Å². The minimum atomic E-state index is -3.89. The zero-order valence-corrected chi connectivity index (χ0v) is 10.7. The van der Waals surface area contributed by atoms with Gasteiger partial charge in [0, 0.05) is 31.4 Å². The fourth-order valence-corrected chi connectivity index (χ4v) is 2.47. The first-order valence-corrected chi connectivity index (χ1v) is 6.64. The predicted molar refractivity (Wildman–Crippen MR) is 67.1 cm³/mol. The van der Waals surface area contributed by atoms with Crippen molar-refractivity contribution in [1.29, 1.82) is 0 Å². The number of sulfonamides is 1. The summed E-state index contributed by atoms with van der Waals surface area (Å²) in [6, 6.07) is 6.28. The SMILES string of the molecule is Cn1ccc(NS(=O)(=O)c2cccc([N+](=O)[O-])c2)n1. The van der Waals surface area contributed by atoms with Crippen LogP contribution in [0.5, 0.6) is 0 Å². The van der Waals surface area contributed by atoms with Crippen LogP contribution >= 0.6 is 0 Å². The maximum atomic E-state index is 12.0. The van der Waals surface area contributed by atoms with Crippen molar-refractivity contribution >= 4 is 21.5 Å². The number of benzene rings is 1. The Kier molecular flexibility index (Phi) is 3.21. The first-order valence-electron chi connectivity index (χ1n) is 5.15. The van der Waals surface area contributed by atoms with E-state index in [1.807, 2.05) is 0 Å². The zero-order valence-electron chi connectivity index (χ0n) is 9.85. The molecule has 0 saturated heterocycles. The highest BCUT2D eigenvalue weighted by molar-refractivity contribution is 7.92. The molecule has 0 spiro atoms. The number of nitrogens with one attached hydrogen (secondary N) is 1. The number of nitrogens with zero attached hydrogens (tertiary/aromatic N) is 3. The molecule has 0 radical (unpaired) electrons. The van der Waals surface area contributed by atoms with E-state index in [0.29, 0.717) is 0 Å². The van der Waals surface area contributed by atoms with Gasteiger partial charge in [0.1, 0.15) is 0 Å². The largest absolute Gasteiger partial charge is 0.274 e. The van der Waals surface area contributed by atoms with E-state index in [4.69, 9.17) is 0 Å². The fourth-order valence-electron chi connectivity index (χ4n) is 1.43. The third-order valence-corrected chi connectivity index (χ3v) is 3.64. The van der Waals surface area contributed by atoms with Crippen LogP contribution in [-0.2, 0) is 17.1 Å². The van der Waals surface area contributed by atoms with Gasteiger partial charge >= 0.3 is 0 Å². The lowest BCUT2D eigenvalue weighted by atomic mass is 10.3. The van der Waals surface area contributed by atoms with Gasteiger partial charge in [0.25, 0.3) is 15.7 Å². The average Bonchev–Trinajstić information content (AvgIpc) is 2.74. The van der Waals surface area contributed by atoms with Crippen LogP contribution in [0.4, 0.5) is 11.5 Å². The molecule has 19 heavy (non-hydrogen) atoms. The lowest BCUT2D eigenvalue weighted by Gasteiger charge is -2.04. The summed E-state index contributed by atoms with van der Waals surface area (Å²) in [6.07, 6.45) is 1.57. The van der Waals surface area contributed by atoms with Crippen molar-refractivity contribution in [1.82, 2.24) is 9.78 Å². The molecule has 0 aliphatic carbocycles. The topological polar surface area (TPSA) is 107 Å². The molecule has 9 heteroatoms. The van der Waals surface area contributed by atoms with Crippen molar-refractivity contribution in [2.45, 2.75) is 4.90 Å². The number of hydrogen-bond donors (Lipinski definition) is 1. The number of nitro benzene ring substituents is 1. The Morgan fingerprint density at radius 1 is 1.37 bits per heavy atom. The van der Waals surface area contributed by atoms with Gasteiger partial charge in [-0.3, -0.25) is 19.5 Å². The van der Waals surface area contributed by atoms with Crippen LogP contribution in [0, 0.1) is 10.1 Å². The van der Waals surface area contributed by atoms with Gasteiger partial charge in [-0.1, -0.05) is 6.07 Å². The number of rotatable bonds is 4. The monoisotopic (exact) mass is 282 g/mol. The van der Waals surface area contributed by atoms with Gasteiger partial charge in [-0.25, -0.2) is 8.42 Å². The molecule has 1 aromatic heterocycles. The Hall–Kier alpha value is -2.42. The first kappa shape index (κ1) is 13.0. The van der Waals surface area contributed by atoms with Gasteiger partial charge in [0.15, 0.2) is 5.82 Å². The van der Waals surface area contributed by atoms with E-state index in [1.54, 1.807) is 13.2 Å². The predicted octanol–water partition coefficient (Wildman–Crippen LogP) is 1.13. The minimum absolute atomic E-state index is 0.147. The van der Waals surface area contributed by atoms with E-state index < -0.39 is 14.9 Å². The third kappa shape index (κ3) is 2.88. The second-order valence-electron chi connectivity index (χ2n) is 3.73. The molecule has 0 fully saturated rings. The Balaban J connectivity index is 2.34. The number of aryl methyl sites for hydroxylation is 1. The highest BCUT2D eigenvalue weighted by atomic mass is 32.2. The molecule has 1 aromatic carbocycles. The quantitative estimate of drug-likeness (QED) is 0.668. The standard InChI is InChI=1S/C10H10N4O4S/c1-13-6-5-10(11-13)12-19(17,18)9-4-2-3-8(7-9)14(15)16/h2-7H,1H3,(H,11,12). The molecule has 0 atom stereocenters. The van der Waals surface area contributed by atoms with E-state index in [0.717, 1.165) is 6.07 Å². The molecule has 0 aliphatic heterocycles. The molecule has 1 heterocycles. The molecule has 2 rings (SSSR count). The summed E-state index contributed by atoms with van der Waals surface area (Å²) in [7, 11) is -2.24. The summed E-state index contributed by atoms with van der Waals surface area (Å²) >= 11 is 0. The molecule has 0 unspecified atom stereocenters. The summed E-state index contributed by atoms with van der Waals surface area (Å²) in [4.78, 5) is 9.78. The summed E-state index contributed by atoms with van der Waals surface area (Å²) in [6.45, 7) is 0. The lowest BCUT2D eigenvalue weighted by Crippen LogP contribution is -2.13. The Labute approximate surface area is 108 Å². The Morgan fingerprint density at radius 3 is 2.68 bits per heavy atom. The van der Waals surface area contributed by atoms with Crippen molar-refractivity contribution < 1.29 is 13.3 Å². The second kappa shape index (κ2) is 4.69. The Bertz CT molecular complexity index is 723. The molecule has 0 aliphatic rings. The first-order chi connectivity index (χ1) is 8.88. The molecular weight excluding hydrogens is 272 g/mol. The average molecular weight is 282 g/mol. The number of nitro groups is 1. The van der Waals surface area contributed by atoms with Gasteiger partial charge in [0.2, 0.25) is 0 Å². The van der Waals surface area contributed by atoms with Crippen LogP contribution in [0.25, 0.3) is 0 Å². The molecule has 1 N–H and O–H groups in total. The molecule has 0 amide bonds. The van der Waals surface area contributed by atoms with Gasteiger partial charge in [-0.2, -0.15) is 5.10 Å². The highest BCUT2D eigenvalue weighted by Crippen LogP contribution is 2.19. The number of anilines is 1. The van der Waals surface area contributed by atoms with E-state index >= 15 is 0 Å². The molecule has 100 valence electrons. The van der Waals surface area contributed by atoms with E-state index in [9.17, 15) is 18.5 Å². The van der Waals surface area contributed by atoms with E-state index in [1.165, 1.54) is 28.9 Å². The summed E-state index contributed by atoms with van der Waals surface area (Å²) < 4.78 is 27.7. The fraction of sp³-hybridized carbons (Fsp3) is 0.100. The van der Waals surface area contributed by atoms with Crippen molar-refractivity contribution in [3.05, 3.63) is 46.6 Å². The molecule has 2 aromatic rings. The lowest BCUT2D eigenvalue weighted by molar-refractivity contribution is -0.385. The van der Waals surface area contributed by atoms with Crippen molar-refractivity contribution in [2.75, 3.05) is 4.72 Å². The summed E-state index contributed by atoms with van der Waals surface area (Å²) in [5.41, 5.74) is -0.288. The van der Waals surface area contributed by atoms with Crippen LogP contribution in [-0.4, -0.2) is 23.1 Å². The number of aromatic nitrogens is 2. The molecular formula is C10H10N4O4S. The van der Waals surface area contributed by atoms with Crippen molar-refractivity contribution in [3.8, 4) is 0 Å². The summed E-state index contributed by atoms with van der Waals surface area (Å²) in [5.74, 6) is 0.147. The molecule has 0 bridgehead atoms. The normalized spacial score (nSPS) is 11.2. The van der Waals surface area contributed by atoms with Crippen molar-refractivity contribution in [2.24, 2.45) is 7.05 Å². The highest BCUT2D eigenvalue weighted by Gasteiger charge is 2.18. The van der Waals surface area contributed by atoms with Crippen LogP contribution in [0.2, 0.25) is 0 Å². The molecule has 0 saturated carbocycles. The maximum Gasteiger partial charge on any atom is 0.270 e. The Morgan fingerprint density at radius 2 is 2.11 bits per heavy atom. The number of hydrogen-bond acceptors (Lipinski definition) is 5. The van der Waals surface area contributed by atoms with Crippen LogP contribution in [0.1, 0.15) is 0 Å². The van der Waals surface area contributed by atoms with Crippen LogP contribution in [0.3, 0.4) is 0 Å².